The Morgan fingerprint density at radius 1 is 1.46 bits per heavy atom. The highest BCUT2D eigenvalue weighted by Gasteiger charge is 2.14. The molecule has 0 atom stereocenters. The van der Waals surface area contributed by atoms with Crippen molar-refractivity contribution in [2.75, 3.05) is 0 Å². The van der Waals surface area contributed by atoms with Crippen molar-refractivity contribution in [3.05, 3.63) is 28.3 Å². The number of fused-ring (bicyclic) bond motifs is 2. The van der Waals surface area contributed by atoms with Gasteiger partial charge < -0.3 is 4.84 Å². The lowest BCUT2D eigenvalue weighted by Gasteiger charge is -1.93. The van der Waals surface area contributed by atoms with Gasteiger partial charge in [-0.25, -0.2) is 4.99 Å². The molecule has 0 spiro atoms. The van der Waals surface area contributed by atoms with E-state index in [-0.39, 0.29) is 5.91 Å². The molecule has 0 saturated heterocycles. The summed E-state index contributed by atoms with van der Waals surface area (Å²) in [6, 6.07) is 3.71. The molecule has 13 heavy (non-hydrogen) atoms. The fraction of sp³-hybridized carbons (Fsp3) is 0.111. The van der Waals surface area contributed by atoms with Crippen LogP contribution in [0.1, 0.15) is 5.56 Å². The highest BCUT2D eigenvalue weighted by Crippen LogP contribution is 2.18. The van der Waals surface area contributed by atoms with Crippen molar-refractivity contribution in [1.82, 2.24) is 5.48 Å². The Kier molecular flexibility index (Phi) is 1.13. The van der Waals surface area contributed by atoms with Crippen LogP contribution in [0.5, 0.6) is 5.75 Å². The minimum Gasteiger partial charge on any atom is -0.408 e. The van der Waals surface area contributed by atoms with Crippen LogP contribution in [0.25, 0.3) is 6.08 Å². The number of amides is 1. The molecule has 64 valence electrons. The number of nitrogens with zero attached hydrogens (tertiary/aromatic N) is 1. The van der Waals surface area contributed by atoms with Gasteiger partial charge in [-0.05, 0) is 6.07 Å². The maximum Gasteiger partial charge on any atom is 0.270 e. The number of hydrogen-bond acceptors (Lipinski definition) is 3. The Hall–Kier alpha value is -1.68. The number of hydroxylamine groups is 1. The minimum atomic E-state index is -0.188. The second-order valence-electron chi connectivity index (χ2n) is 3.04. The third-order valence-electron chi connectivity index (χ3n) is 2.16. The van der Waals surface area contributed by atoms with Crippen LogP contribution in [0.4, 0.5) is 0 Å². The van der Waals surface area contributed by atoms with E-state index in [1.165, 1.54) is 6.08 Å². The molecule has 0 aliphatic carbocycles. The van der Waals surface area contributed by atoms with Crippen molar-refractivity contribution in [3.63, 3.8) is 0 Å². The van der Waals surface area contributed by atoms with Gasteiger partial charge in [0.1, 0.15) is 0 Å². The molecule has 1 aromatic rings. The van der Waals surface area contributed by atoms with E-state index in [4.69, 9.17) is 4.84 Å². The fourth-order valence-corrected chi connectivity index (χ4v) is 1.55. The quantitative estimate of drug-likeness (QED) is 0.550. The summed E-state index contributed by atoms with van der Waals surface area (Å²) in [5, 5.41) is 1.59. The monoisotopic (exact) mass is 174 g/mol. The second kappa shape index (κ2) is 2.17. The molecule has 0 saturated carbocycles. The van der Waals surface area contributed by atoms with Crippen molar-refractivity contribution >= 4 is 12.0 Å². The topological polar surface area (TPSA) is 50.7 Å². The summed E-state index contributed by atoms with van der Waals surface area (Å²) < 4.78 is 0. The van der Waals surface area contributed by atoms with Gasteiger partial charge in [-0.2, -0.15) is 5.48 Å². The smallest absolute Gasteiger partial charge is 0.270 e. The van der Waals surface area contributed by atoms with Crippen LogP contribution >= 0.6 is 0 Å². The van der Waals surface area contributed by atoms with Gasteiger partial charge in [0.2, 0.25) is 0 Å². The van der Waals surface area contributed by atoms with Gasteiger partial charge >= 0.3 is 0 Å². The van der Waals surface area contributed by atoms with E-state index in [2.05, 4.69) is 10.5 Å². The van der Waals surface area contributed by atoms with E-state index in [1.807, 2.05) is 6.07 Å². The lowest BCUT2D eigenvalue weighted by Crippen LogP contribution is -2.21. The van der Waals surface area contributed by atoms with E-state index in [1.54, 1.807) is 6.07 Å². The molecule has 1 aromatic carbocycles. The third-order valence-corrected chi connectivity index (χ3v) is 2.16. The number of benzene rings is 1. The van der Waals surface area contributed by atoms with Crippen LogP contribution in [0, 0.1) is 0 Å². The fourth-order valence-electron chi connectivity index (χ4n) is 1.55. The van der Waals surface area contributed by atoms with E-state index in [0.29, 0.717) is 11.9 Å². The molecule has 0 fully saturated rings. The van der Waals surface area contributed by atoms with Crippen molar-refractivity contribution < 1.29 is 9.63 Å². The summed E-state index contributed by atoms with van der Waals surface area (Å²) in [6.45, 7) is 0.685. The Morgan fingerprint density at radius 3 is 3.31 bits per heavy atom. The van der Waals surface area contributed by atoms with Crippen LogP contribution in [0.2, 0.25) is 0 Å². The lowest BCUT2D eigenvalue weighted by molar-refractivity contribution is -0.112. The Balaban J connectivity index is 2.39. The van der Waals surface area contributed by atoms with Crippen LogP contribution < -0.4 is 20.9 Å². The maximum absolute atomic E-state index is 11.0. The minimum absolute atomic E-state index is 0.188. The molecule has 1 amide bonds. The zero-order valence-electron chi connectivity index (χ0n) is 6.70. The molecule has 2 aliphatic heterocycles. The van der Waals surface area contributed by atoms with Gasteiger partial charge in [0, 0.05) is 22.9 Å². The molecule has 2 aliphatic rings. The van der Waals surface area contributed by atoms with Gasteiger partial charge in [-0.1, -0.05) is 0 Å². The Morgan fingerprint density at radius 2 is 2.38 bits per heavy atom. The van der Waals surface area contributed by atoms with Crippen molar-refractivity contribution in [1.29, 1.82) is 0 Å². The van der Waals surface area contributed by atoms with Gasteiger partial charge in [0.05, 0.1) is 11.9 Å². The predicted molar refractivity (Wildman–Crippen MR) is 44.2 cm³/mol. The van der Waals surface area contributed by atoms with Crippen LogP contribution in [0.15, 0.2) is 17.1 Å². The standard InChI is InChI=1S/C9H6N2O2/c12-9-2-5-1-6-4-10-13-8(6)3-7(5)11-9/h1-3,10H,4H2. The predicted octanol–water partition coefficient (Wildman–Crippen LogP) is -0.976. The summed E-state index contributed by atoms with van der Waals surface area (Å²) in [6.07, 6.45) is 1.54. The number of carbonyl (C=O) groups is 1. The number of carbonyl (C=O) groups excluding carboxylic acids is 1. The summed E-state index contributed by atoms with van der Waals surface area (Å²) in [5.74, 6) is 0.581. The molecule has 2 heterocycles. The highest BCUT2D eigenvalue weighted by atomic mass is 16.7. The van der Waals surface area contributed by atoms with Crippen molar-refractivity contribution in [3.8, 4) is 5.75 Å². The van der Waals surface area contributed by atoms with E-state index in [9.17, 15) is 4.79 Å². The molecule has 0 bridgehead atoms. The van der Waals surface area contributed by atoms with Crippen LogP contribution in [-0.2, 0) is 11.3 Å². The normalized spacial score (nSPS) is 17.1. The first-order valence-corrected chi connectivity index (χ1v) is 4.00. The number of hydrogen-bond donors (Lipinski definition) is 1. The average molecular weight is 174 g/mol. The highest BCUT2D eigenvalue weighted by molar-refractivity contribution is 6.06. The SMILES string of the molecule is O=C1C=c2cc3c(cc2=N1)ONC3. The molecule has 0 radical (unpaired) electrons. The molecule has 4 nitrogen and oxygen atoms in total. The molecule has 4 heteroatoms. The summed E-state index contributed by atoms with van der Waals surface area (Å²) in [4.78, 5) is 19.9. The molecular weight excluding hydrogens is 168 g/mol. The zero-order chi connectivity index (χ0) is 8.84. The van der Waals surface area contributed by atoms with Gasteiger partial charge in [0.25, 0.3) is 5.91 Å². The first kappa shape index (κ1) is 6.80. The zero-order valence-corrected chi connectivity index (χ0v) is 6.70. The van der Waals surface area contributed by atoms with Crippen molar-refractivity contribution in [2.45, 2.75) is 6.54 Å². The second-order valence-corrected chi connectivity index (χ2v) is 3.04. The largest absolute Gasteiger partial charge is 0.408 e. The Bertz CT molecular complexity index is 474. The molecule has 0 aromatic heterocycles. The number of rotatable bonds is 0. The number of nitrogens with one attached hydrogen (secondary N) is 1. The maximum atomic E-state index is 11.0. The van der Waals surface area contributed by atoms with Crippen LogP contribution in [-0.4, -0.2) is 5.91 Å². The first-order valence-electron chi connectivity index (χ1n) is 4.00. The molecular formula is C9H6N2O2. The first-order chi connectivity index (χ1) is 6.33. The van der Waals surface area contributed by atoms with Gasteiger partial charge in [-0.15, -0.1) is 0 Å². The van der Waals surface area contributed by atoms with Crippen molar-refractivity contribution in [2.24, 2.45) is 4.99 Å². The molecule has 0 unspecified atom stereocenters. The van der Waals surface area contributed by atoms with E-state index in [0.717, 1.165) is 16.5 Å². The van der Waals surface area contributed by atoms with E-state index < -0.39 is 0 Å². The molecule has 1 N–H and O–H groups in total. The summed E-state index contributed by atoms with van der Waals surface area (Å²) in [5.41, 5.74) is 3.83. The molecule has 3 rings (SSSR count). The summed E-state index contributed by atoms with van der Waals surface area (Å²) >= 11 is 0. The Labute approximate surface area is 73.5 Å². The average Bonchev–Trinajstić information content (AvgIpc) is 2.63. The van der Waals surface area contributed by atoms with Crippen LogP contribution in [0.3, 0.4) is 0 Å². The van der Waals surface area contributed by atoms with Gasteiger partial charge in [0.15, 0.2) is 5.75 Å². The lowest BCUT2D eigenvalue weighted by atomic mass is 10.2. The van der Waals surface area contributed by atoms with Gasteiger partial charge in [-0.3, -0.25) is 4.79 Å². The third kappa shape index (κ3) is 0.891. The van der Waals surface area contributed by atoms with E-state index >= 15 is 0 Å². The summed E-state index contributed by atoms with van der Waals surface area (Å²) in [7, 11) is 0.